The molecule has 2 aliphatic rings. The van der Waals surface area contributed by atoms with Gasteiger partial charge < -0.3 is 15.2 Å². The molecule has 0 aliphatic carbocycles. The maximum Gasteiger partial charge on any atom is 0.0939 e. The molecule has 2 rings (SSSR count). The van der Waals surface area contributed by atoms with Gasteiger partial charge >= 0.3 is 0 Å². The summed E-state index contributed by atoms with van der Waals surface area (Å²) < 4.78 is 11.4. The Balaban J connectivity index is 1.84. The van der Waals surface area contributed by atoms with E-state index in [4.69, 9.17) is 15.2 Å². The van der Waals surface area contributed by atoms with Crippen molar-refractivity contribution < 1.29 is 9.47 Å². The van der Waals surface area contributed by atoms with Gasteiger partial charge in [0.1, 0.15) is 0 Å². The topological polar surface area (TPSA) is 44.5 Å². The van der Waals surface area contributed by atoms with E-state index in [0.717, 1.165) is 44.8 Å². The maximum absolute atomic E-state index is 6.33. The standard InChI is InChI=1S/C13H25NO2S/c1-10(2)17-8-12(14)11-3-5-16-13(7-11)4-6-15-9-13/h10-12H,3-9,14H2,1-2H3. The Morgan fingerprint density at radius 3 is 2.88 bits per heavy atom. The van der Waals surface area contributed by atoms with E-state index in [0.29, 0.717) is 17.2 Å². The van der Waals surface area contributed by atoms with E-state index in [1.807, 2.05) is 11.8 Å². The summed E-state index contributed by atoms with van der Waals surface area (Å²) in [7, 11) is 0. The van der Waals surface area contributed by atoms with Gasteiger partial charge in [-0.1, -0.05) is 13.8 Å². The summed E-state index contributed by atoms with van der Waals surface area (Å²) in [5, 5.41) is 0.671. The van der Waals surface area contributed by atoms with Crippen LogP contribution in [-0.2, 0) is 9.47 Å². The molecular weight excluding hydrogens is 234 g/mol. The highest BCUT2D eigenvalue weighted by molar-refractivity contribution is 7.99. The molecule has 0 saturated carbocycles. The Labute approximate surface area is 109 Å². The first-order valence-corrected chi connectivity index (χ1v) is 7.75. The van der Waals surface area contributed by atoms with Crippen molar-refractivity contribution in [2.75, 3.05) is 25.6 Å². The lowest BCUT2D eigenvalue weighted by Crippen LogP contribution is -2.46. The van der Waals surface area contributed by atoms with Gasteiger partial charge in [0.05, 0.1) is 12.2 Å². The highest BCUT2D eigenvalue weighted by atomic mass is 32.2. The van der Waals surface area contributed by atoms with Crippen LogP contribution in [0.2, 0.25) is 0 Å². The van der Waals surface area contributed by atoms with E-state index >= 15 is 0 Å². The lowest BCUT2D eigenvalue weighted by molar-refractivity contribution is -0.100. The highest BCUT2D eigenvalue weighted by Crippen LogP contribution is 2.37. The fourth-order valence-electron chi connectivity index (χ4n) is 2.73. The third-order valence-electron chi connectivity index (χ3n) is 3.83. The molecule has 0 radical (unpaired) electrons. The Hall–Kier alpha value is 0.230. The van der Waals surface area contributed by atoms with E-state index in [9.17, 15) is 0 Å². The van der Waals surface area contributed by atoms with Gasteiger partial charge in [-0.3, -0.25) is 0 Å². The molecule has 0 aromatic carbocycles. The second-order valence-electron chi connectivity index (χ2n) is 5.63. The molecule has 0 aromatic rings. The van der Waals surface area contributed by atoms with Gasteiger partial charge in [0.15, 0.2) is 0 Å². The summed E-state index contributed by atoms with van der Waals surface area (Å²) in [4.78, 5) is 0. The van der Waals surface area contributed by atoms with Crippen molar-refractivity contribution in [3.63, 3.8) is 0 Å². The zero-order valence-electron chi connectivity index (χ0n) is 11.0. The number of thioether (sulfide) groups is 1. The molecule has 2 heterocycles. The Kier molecular flexibility index (Phi) is 4.75. The highest BCUT2D eigenvalue weighted by Gasteiger charge is 2.42. The number of nitrogens with two attached hydrogens (primary N) is 1. The van der Waals surface area contributed by atoms with E-state index in [-0.39, 0.29) is 5.60 Å². The Morgan fingerprint density at radius 2 is 2.24 bits per heavy atom. The van der Waals surface area contributed by atoms with Crippen molar-refractivity contribution >= 4 is 11.8 Å². The number of rotatable bonds is 4. The van der Waals surface area contributed by atoms with Crippen molar-refractivity contribution in [2.45, 2.75) is 50.0 Å². The minimum atomic E-state index is 0.00301. The zero-order valence-corrected chi connectivity index (χ0v) is 11.8. The average molecular weight is 259 g/mol. The molecule has 3 unspecified atom stereocenters. The van der Waals surface area contributed by atoms with Crippen LogP contribution < -0.4 is 5.73 Å². The molecule has 3 atom stereocenters. The van der Waals surface area contributed by atoms with Crippen LogP contribution in [0.15, 0.2) is 0 Å². The normalized spacial score (nSPS) is 35.6. The fourth-order valence-corrected chi connectivity index (χ4v) is 3.61. The van der Waals surface area contributed by atoms with Gasteiger partial charge in [0, 0.05) is 31.4 Å². The van der Waals surface area contributed by atoms with Crippen LogP contribution in [0.1, 0.15) is 33.1 Å². The van der Waals surface area contributed by atoms with E-state index in [2.05, 4.69) is 13.8 Å². The lowest BCUT2D eigenvalue weighted by atomic mass is 9.82. The van der Waals surface area contributed by atoms with Gasteiger partial charge in [-0.05, 0) is 24.0 Å². The summed E-state index contributed by atoms with van der Waals surface area (Å²) in [5.74, 6) is 1.68. The average Bonchev–Trinajstić information content (AvgIpc) is 2.74. The molecule has 4 heteroatoms. The number of hydrogen-bond acceptors (Lipinski definition) is 4. The first kappa shape index (κ1) is 13.7. The van der Waals surface area contributed by atoms with E-state index in [1.54, 1.807) is 0 Å². The molecule has 0 amide bonds. The molecule has 2 N–H and O–H groups in total. The smallest absolute Gasteiger partial charge is 0.0939 e. The Morgan fingerprint density at radius 1 is 1.41 bits per heavy atom. The van der Waals surface area contributed by atoms with E-state index < -0.39 is 0 Å². The summed E-state index contributed by atoms with van der Waals surface area (Å²) in [5.41, 5.74) is 6.33. The summed E-state index contributed by atoms with van der Waals surface area (Å²) in [6.45, 7) is 6.94. The van der Waals surface area contributed by atoms with Crippen LogP contribution in [0.25, 0.3) is 0 Å². The van der Waals surface area contributed by atoms with Crippen molar-refractivity contribution in [3.05, 3.63) is 0 Å². The van der Waals surface area contributed by atoms with E-state index in [1.165, 1.54) is 0 Å². The zero-order chi connectivity index (χ0) is 12.3. The second-order valence-corrected chi connectivity index (χ2v) is 7.24. The Bertz CT molecular complexity index is 242. The van der Waals surface area contributed by atoms with Crippen LogP contribution in [0.4, 0.5) is 0 Å². The second kappa shape index (κ2) is 5.91. The predicted octanol–water partition coefficient (Wildman–Crippen LogP) is 2.04. The monoisotopic (exact) mass is 259 g/mol. The SMILES string of the molecule is CC(C)SCC(N)C1CCOC2(CCOC2)C1. The van der Waals surface area contributed by atoms with Crippen LogP contribution in [-0.4, -0.2) is 42.5 Å². The minimum absolute atomic E-state index is 0.00301. The fraction of sp³-hybridized carbons (Fsp3) is 1.00. The molecule has 0 aromatic heterocycles. The largest absolute Gasteiger partial charge is 0.378 e. The van der Waals surface area contributed by atoms with Gasteiger partial charge in [-0.25, -0.2) is 0 Å². The molecule has 17 heavy (non-hydrogen) atoms. The van der Waals surface area contributed by atoms with Crippen molar-refractivity contribution in [1.82, 2.24) is 0 Å². The van der Waals surface area contributed by atoms with Crippen molar-refractivity contribution in [2.24, 2.45) is 11.7 Å². The van der Waals surface area contributed by atoms with Gasteiger partial charge in [0.25, 0.3) is 0 Å². The van der Waals surface area contributed by atoms with Crippen LogP contribution in [0, 0.1) is 5.92 Å². The molecular formula is C13H25NO2S. The quantitative estimate of drug-likeness (QED) is 0.839. The first-order chi connectivity index (χ1) is 8.11. The molecule has 0 bridgehead atoms. The molecule has 2 aliphatic heterocycles. The van der Waals surface area contributed by atoms with Crippen LogP contribution in [0.5, 0.6) is 0 Å². The van der Waals surface area contributed by atoms with Crippen LogP contribution >= 0.6 is 11.8 Å². The molecule has 100 valence electrons. The molecule has 3 nitrogen and oxygen atoms in total. The predicted molar refractivity (Wildman–Crippen MR) is 72.4 cm³/mol. The summed E-state index contributed by atoms with van der Waals surface area (Å²) in [6, 6.07) is 0.309. The van der Waals surface area contributed by atoms with Gasteiger partial charge in [0.2, 0.25) is 0 Å². The third kappa shape index (κ3) is 3.60. The first-order valence-electron chi connectivity index (χ1n) is 6.70. The molecule has 2 fully saturated rings. The number of hydrogen-bond donors (Lipinski definition) is 1. The van der Waals surface area contributed by atoms with Crippen molar-refractivity contribution in [1.29, 1.82) is 0 Å². The minimum Gasteiger partial charge on any atom is -0.378 e. The molecule has 2 saturated heterocycles. The number of ether oxygens (including phenoxy) is 2. The van der Waals surface area contributed by atoms with Gasteiger partial charge in [-0.15, -0.1) is 0 Å². The summed E-state index contributed by atoms with van der Waals surface area (Å²) >= 11 is 1.97. The van der Waals surface area contributed by atoms with Gasteiger partial charge in [-0.2, -0.15) is 11.8 Å². The van der Waals surface area contributed by atoms with Crippen LogP contribution in [0.3, 0.4) is 0 Å². The lowest BCUT2D eigenvalue weighted by Gasteiger charge is -2.39. The third-order valence-corrected chi connectivity index (χ3v) is 5.07. The van der Waals surface area contributed by atoms with Crippen molar-refractivity contribution in [3.8, 4) is 0 Å². The summed E-state index contributed by atoms with van der Waals surface area (Å²) in [6.07, 6.45) is 3.25. The molecule has 1 spiro atoms. The maximum atomic E-state index is 6.33.